The van der Waals surface area contributed by atoms with E-state index in [1.807, 2.05) is 0 Å². The maximum absolute atomic E-state index is 11.9. The summed E-state index contributed by atoms with van der Waals surface area (Å²) in [6, 6.07) is 4.87. The molecule has 0 unspecified atom stereocenters. The average molecular weight is 253 g/mol. The lowest BCUT2D eigenvalue weighted by molar-refractivity contribution is -0.133. The minimum absolute atomic E-state index is 0.0535. The van der Waals surface area contributed by atoms with Gasteiger partial charge < -0.3 is 10.5 Å². The molecule has 0 aliphatic carbocycles. The molecule has 1 aromatic carbocycles. The van der Waals surface area contributed by atoms with Crippen molar-refractivity contribution in [2.45, 2.75) is 11.4 Å². The zero-order chi connectivity index (χ0) is 12.6. The van der Waals surface area contributed by atoms with Crippen molar-refractivity contribution in [3.63, 3.8) is 0 Å². The van der Waals surface area contributed by atoms with Gasteiger partial charge in [0.2, 0.25) is 9.84 Å². The number of nitrogens with two attached hydrogens (primary N) is 1. The van der Waals surface area contributed by atoms with Crippen molar-refractivity contribution < 1.29 is 17.9 Å². The summed E-state index contributed by atoms with van der Waals surface area (Å²) in [5.41, 5.74) is 6.41. The van der Waals surface area contributed by atoms with Gasteiger partial charge in [-0.05, 0) is 5.56 Å². The first-order valence-electron chi connectivity index (χ1n) is 4.88. The second-order valence-electron chi connectivity index (χ2n) is 3.57. The average Bonchev–Trinajstić information content (AvgIpc) is 2.61. The molecule has 0 radical (unpaired) electrons. The fraction of sp³-hybridized carbons (Fsp3) is 0.182. The summed E-state index contributed by atoms with van der Waals surface area (Å²) in [5, 5.41) is 0.933. The SMILES string of the molecule is COC(=O)C1=CS(=O)(=O)c2c(CN)cccc21. The lowest BCUT2D eigenvalue weighted by Gasteiger charge is -2.06. The zero-order valence-corrected chi connectivity index (χ0v) is 9.95. The minimum Gasteiger partial charge on any atom is -0.465 e. The van der Waals surface area contributed by atoms with Crippen LogP contribution in [-0.2, 0) is 25.9 Å². The van der Waals surface area contributed by atoms with E-state index < -0.39 is 15.8 Å². The molecule has 1 aliphatic rings. The van der Waals surface area contributed by atoms with E-state index in [1.54, 1.807) is 18.2 Å². The van der Waals surface area contributed by atoms with Crippen LogP contribution in [0.15, 0.2) is 28.5 Å². The van der Waals surface area contributed by atoms with E-state index in [-0.39, 0.29) is 17.0 Å². The summed E-state index contributed by atoms with van der Waals surface area (Å²) in [7, 11) is -2.39. The van der Waals surface area contributed by atoms with Gasteiger partial charge in [0.15, 0.2) is 0 Å². The first kappa shape index (κ1) is 11.8. The molecule has 0 aromatic heterocycles. The van der Waals surface area contributed by atoms with Gasteiger partial charge in [0, 0.05) is 12.1 Å². The molecule has 0 amide bonds. The maximum atomic E-state index is 11.9. The van der Waals surface area contributed by atoms with Crippen LogP contribution in [0.25, 0.3) is 5.57 Å². The number of hydrogen-bond donors (Lipinski definition) is 1. The fourth-order valence-corrected chi connectivity index (χ4v) is 3.49. The summed E-state index contributed by atoms with van der Waals surface area (Å²) >= 11 is 0. The summed E-state index contributed by atoms with van der Waals surface area (Å²) < 4.78 is 28.4. The lowest BCUT2D eigenvalue weighted by Crippen LogP contribution is -2.06. The predicted octanol–water partition coefficient (Wildman–Crippen LogP) is 0.446. The number of rotatable bonds is 2. The molecule has 6 heteroatoms. The Kier molecular flexibility index (Phi) is 2.76. The molecular weight excluding hydrogens is 242 g/mol. The summed E-state index contributed by atoms with van der Waals surface area (Å²) in [6.45, 7) is 0.102. The molecule has 5 nitrogen and oxygen atoms in total. The molecule has 2 rings (SSSR count). The normalized spacial score (nSPS) is 16.2. The monoisotopic (exact) mass is 253 g/mol. The Labute approximate surface area is 98.8 Å². The van der Waals surface area contributed by atoms with E-state index >= 15 is 0 Å². The zero-order valence-electron chi connectivity index (χ0n) is 9.14. The number of esters is 1. The number of fused-ring (bicyclic) bond motifs is 1. The number of hydrogen-bond acceptors (Lipinski definition) is 5. The quantitative estimate of drug-likeness (QED) is 0.773. The molecule has 0 bridgehead atoms. The van der Waals surface area contributed by atoms with Gasteiger partial charge in [-0.2, -0.15) is 0 Å². The van der Waals surface area contributed by atoms with Crippen LogP contribution in [0.1, 0.15) is 11.1 Å². The highest BCUT2D eigenvalue weighted by molar-refractivity contribution is 7.95. The van der Waals surface area contributed by atoms with Crippen LogP contribution in [0.3, 0.4) is 0 Å². The van der Waals surface area contributed by atoms with E-state index in [1.165, 1.54) is 7.11 Å². The van der Waals surface area contributed by atoms with Crippen LogP contribution in [0, 0.1) is 0 Å². The molecule has 1 aromatic rings. The van der Waals surface area contributed by atoms with Gasteiger partial charge in [-0.1, -0.05) is 18.2 Å². The van der Waals surface area contributed by atoms with E-state index in [0.717, 1.165) is 5.41 Å². The largest absolute Gasteiger partial charge is 0.465 e. The molecule has 1 heterocycles. The second-order valence-corrected chi connectivity index (χ2v) is 5.30. The first-order chi connectivity index (χ1) is 8.01. The highest BCUT2D eigenvalue weighted by Crippen LogP contribution is 2.36. The van der Waals surface area contributed by atoms with Gasteiger partial charge in [-0.25, -0.2) is 13.2 Å². The Morgan fingerprint density at radius 1 is 1.41 bits per heavy atom. The fourth-order valence-electron chi connectivity index (χ4n) is 1.84. The van der Waals surface area contributed by atoms with E-state index in [0.29, 0.717) is 11.1 Å². The third kappa shape index (κ3) is 1.75. The van der Waals surface area contributed by atoms with Crippen LogP contribution in [0.4, 0.5) is 0 Å². The van der Waals surface area contributed by atoms with Crippen LogP contribution >= 0.6 is 0 Å². The van der Waals surface area contributed by atoms with Crippen molar-refractivity contribution in [3.05, 3.63) is 34.7 Å². The van der Waals surface area contributed by atoms with Crippen molar-refractivity contribution >= 4 is 21.4 Å². The van der Waals surface area contributed by atoms with Crippen LogP contribution in [-0.4, -0.2) is 21.5 Å². The van der Waals surface area contributed by atoms with Gasteiger partial charge in [0.05, 0.1) is 23.0 Å². The highest BCUT2D eigenvalue weighted by atomic mass is 32.2. The topological polar surface area (TPSA) is 86.5 Å². The number of carbonyl (C=O) groups is 1. The Morgan fingerprint density at radius 3 is 2.71 bits per heavy atom. The molecule has 0 fully saturated rings. The Hall–Kier alpha value is -1.66. The number of ether oxygens (including phenoxy) is 1. The molecule has 0 saturated carbocycles. The first-order valence-corrected chi connectivity index (χ1v) is 6.43. The molecular formula is C11H11NO4S. The van der Waals surface area contributed by atoms with E-state index in [4.69, 9.17) is 5.73 Å². The predicted molar refractivity (Wildman–Crippen MR) is 61.5 cm³/mol. The van der Waals surface area contributed by atoms with Crippen molar-refractivity contribution in [3.8, 4) is 0 Å². The second kappa shape index (κ2) is 3.97. The molecule has 90 valence electrons. The molecule has 1 aliphatic heterocycles. The maximum Gasteiger partial charge on any atom is 0.339 e. The summed E-state index contributed by atoms with van der Waals surface area (Å²) in [6.07, 6.45) is 0. The van der Waals surface area contributed by atoms with E-state index in [9.17, 15) is 13.2 Å². The Balaban J connectivity index is 2.73. The van der Waals surface area contributed by atoms with Crippen LogP contribution < -0.4 is 5.73 Å². The van der Waals surface area contributed by atoms with Gasteiger partial charge in [-0.3, -0.25) is 0 Å². The third-order valence-corrected chi connectivity index (χ3v) is 4.17. The van der Waals surface area contributed by atoms with Crippen LogP contribution in [0.5, 0.6) is 0 Å². The smallest absolute Gasteiger partial charge is 0.339 e. The third-order valence-electron chi connectivity index (χ3n) is 2.57. The van der Waals surface area contributed by atoms with Crippen LogP contribution in [0.2, 0.25) is 0 Å². The summed E-state index contributed by atoms with van der Waals surface area (Å²) in [4.78, 5) is 11.6. The van der Waals surface area contributed by atoms with Crippen molar-refractivity contribution in [1.29, 1.82) is 0 Å². The molecule has 2 N–H and O–H groups in total. The highest BCUT2D eigenvalue weighted by Gasteiger charge is 2.32. The Bertz CT molecular complexity index is 616. The molecule has 17 heavy (non-hydrogen) atoms. The molecule has 0 atom stereocenters. The number of sulfone groups is 1. The van der Waals surface area contributed by atoms with E-state index in [2.05, 4.69) is 4.74 Å². The van der Waals surface area contributed by atoms with Gasteiger partial charge in [-0.15, -0.1) is 0 Å². The van der Waals surface area contributed by atoms with Crippen molar-refractivity contribution in [1.82, 2.24) is 0 Å². The Morgan fingerprint density at radius 2 is 2.12 bits per heavy atom. The van der Waals surface area contributed by atoms with Gasteiger partial charge >= 0.3 is 5.97 Å². The number of benzene rings is 1. The van der Waals surface area contributed by atoms with Crippen molar-refractivity contribution in [2.75, 3.05) is 7.11 Å². The number of methoxy groups -OCH3 is 1. The lowest BCUT2D eigenvalue weighted by atomic mass is 10.0. The molecule has 0 saturated heterocycles. The number of carbonyl (C=O) groups excluding carboxylic acids is 1. The van der Waals surface area contributed by atoms with Gasteiger partial charge in [0.1, 0.15) is 0 Å². The minimum atomic E-state index is -3.60. The molecule has 0 spiro atoms. The summed E-state index contributed by atoms with van der Waals surface area (Å²) in [5.74, 6) is -0.665. The van der Waals surface area contributed by atoms with Crippen molar-refractivity contribution in [2.24, 2.45) is 5.73 Å². The standard InChI is InChI=1S/C11H11NO4S/c1-16-11(13)9-6-17(14,15)10-7(5-12)3-2-4-8(9)10/h2-4,6H,5,12H2,1H3. The van der Waals surface area contributed by atoms with Gasteiger partial charge in [0.25, 0.3) is 0 Å².